The van der Waals surface area contributed by atoms with E-state index in [2.05, 4.69) is 15.6 Å². The lowest BCUT2D eigenvalue weighted by Gasteiger charge is -2.00. The van der Waals surface area contributed by atoms with Crippen molar-refractivity contribution < 1.29 is 9.21 Å². The number of rotatable bonds is 2. The molecule has 0 spiro atoms. The van der Waals surface area contributed by atoms with E-state index in [1.807, 2.05) is 24.3 Å². The zero-order valence-corrected chi connectivity index (χ0v) is 8.70. The normalized spacial score (nSPS) is 10.6. The van der Waals surface area contributed by atoms with Gasteiger partial charge in [0.25, 0.3) is 0 Å². The molecular formula is C11H8N4O2. The second-order valence-corrected chi connectivity index (χ2v) is 3.46. The molecule has 2 heterocycles. The fourth-order valence-electron chi connectivity index (χ4n) is 1.52. The molecule has 1 amide bonds. The van der Waals surface area contributed by atoms with E-state index in [-0.39, 0.29) is 11.7 Å². The van der Waals surface area contributed by atoms with Crippen molar-refractivity contribution in [3.05, 3.63) is 48.7 Å². The molecule has 1 N–H and O–H groups in total. The molecule has 0 saturated carbocycles. The summed E-state index contributed by atoms with van der Waals surface area (Å²) >= 11 is 0. The molecule has 6 heteroatoms. The van der Waals surface area contributed by atoms with Crippen molar-refractivity contribution in [1.82, 2.24) is 14.9 Å². The van der Waals surface area contributed by atoms with Gasteiger partial charge in [0.1, 0.15) is 18.2 Å². The highest BCUT2D eigenvalue weighted by molar-refractivity contribution is 6.00. The highest BCUT2D eigenvalue weighted by Crippen LogP contribution is 2.18. The van der Waals surface area contributed by atoms with E-state index in [1.54, 1.807) is 6.07 Å². The molecule has 0 aliphatic carbocycles. The van der Waals surface area contributed by atoms with Gasteiger partial charge in [0.15, 0.2) is 5.76 Å². The van der Waals surface area contributed by atoms with Crippen molar-refractivity contribution in [2.24, 2.45) is 0 Å². The zero-order chi connectivity index (χ0) is 11.7. The average molecular weight is 228 g/mol. The second kappa shape index (κ2) is 3.75. The minimum Gasteiger partial charge on any atom is -0.451 e. The number of nitrogens with zero attached hydrogens (tertiary/aromatic N) is 3. The lowest BCUT2D eigenvalue weighted by atomic mass is 10.2. The van der Waals surface area contributed by atoms with Crippen LogP contribution in [0.3, 0.4) is 0 Å². The fourth-order valence-corrected chi connectivity index (χ4v) is 1.52. The van der Waals surface area contributed by atoms with E-state index in [9.17, 15) is 4.79 Å². The lowest BCUT2D eigenvalue weighted by molar-refractivity contribution is 0.0983. The molecule has 2 aromatic heterocycles. The minimum atomic E-state index is -0.346. The van der Waals surface area contributed by atoms with Gasteiger partial charge in [0.05, 0.1) is 0 Å². The van der Waals surface area contributed by atoms with Crippen LogP contribution in [0.2, 0.25) is 0 Å². The number of aromatic nitrogens is 3. The Balaban J connectivity index is 1.90. The predicted octanol–water partition coefficient (Wildman–Crippen LogP) is 1.41. The molecule has 0 unspecified atom stereocenters. The van der Waals surface area contributed by atoms with Gasteiger partial charge in [-0.25, -0.2) is 4.68 Å². The van der Waals surface area contributed by atoms with Gasteiger partial charge in [-0.05, 0) is 12.1 Å². The van der Waals surface area contributed by atoms with Gasteiger partial charge in [-0.2, -0.15) is 0 Å². The van der Waals surface area contributed by atoms with Crippen LogP contribution in [0.15, 0.2) is 47.4 Å². The summed E-state index contributed by atoms with van der Waals surface area (Å²) in [4.78, 5) is 11.8. The summed E-state index contributed by atoms with van der Waals surface area (Å²) in [5.41, 5.74) is 3.24. The van der Waals surface area contributed by atoms with Crippen molar-refractivity contribution in [2.45, 2.75) is 0 Å². The van der Waals surface area contributed by atoms with E-state index < -0.39 is 0 Å². The lowest BCUT2D eigenvalue weighted by Crippen LogP contribution is -2.20. The summed E-state index contributed by atoms with van der Waals surface area (Å²) < 4.78 is 6.77. The Labute approximate surface area is 95.8 Å². The first-order valence-electron chi connectivity index (χ1n) is 4.97. The molecule has 0 aliphatic heterocycles. The van der Waals surface area contributed by atoms with E-state index in [4.69, 9.17) is 4.42 Å². The summed E-state index contributed by atoms with van der Waals surface area (Å²) in [5.74, 6) is -0.0964. The molecule has 0 atom stereocenters. The number of amides is 1. The van der Waals surface area contributed by atoms with E-state index in [1.165, 1.54) is 17.3 Å². The van der Waals surface area contributed by atoms with Gasteiger partial charge in [-0.15, -0.1) is 10.2 Å². The number of fused-ring (bicyclic) bond motifs is 1. The standard InChI is InChI=1S/C11H8N4O2/c16-11(14-15-6-12-13-7-15)10-5-8-3-1-2-4-9(8)17-10/h1-7H,(H,14,16). The third kappa shape index (κ3) is 1.76. The quantitative estimate of drug-likeness (QED) is 0.719. The molecule has 0 radical (unpaired) electrons. The summed E-state index contributed by atoms with van der Waals surface area (Å²) in [7, 11) is 0. The van der Waals surface area contributed by atoms with Crippen molar-refractivity contribution >= 4 is 16.9 Å². The van der Waals surface area contributed by atoms with Crippen molar-refractivity contribution in [3.63, 3.8) is 0 Å². The largest absolute Gasteiger partial charge is 0.451 e. The molecular weight excluding hydrogens is 220 g/mol. The van der Waals surface area contributed by atoms with Crippen LogP contribution in [-0.4, -0.2) is 20.8 Å². The molecule has 6 nitrogen and oxygen atoms in total. The molecule has 3 aromatic rings. The fraction of sp³-hybridized carbons (Fsp3) is 0. The smallest absolute Gasteiger partial charge is 0.305 e. The van der Waals surface area contributed by atoms with Crippen molar-refractivity contribution in [1.29, 1.82) is 0 Å². The number of carbonyl (C=O) groups is 1. The zero-order valence-electron chi connectivity index (χ0n) is 8.70. The summed E-state index contributed by atoms with van der Waals surface area (Å²) in [5, 5.41) is 8.05. The molecule has 0 fully saturated rings. The van der Waals surface area contributed by atoms with Gasteiger partial charge in [0.2, 0.25) is 0 Å². The van der Waals surface area contributed by atoms with Crippen LogP contribution in [0.4, 0.5) is 0 Å². The van der Waals surface area contributed by atoms with Crippen molar-refractivity contribution in [2.75, 3.05) is 5.43 Å². The number of carbonyl (C=O) groups excluding carboxylic acids is 1. The van der Waals surface area contributed by atoms with Crippen LogP contribution in [0.5, 0.6) is 0 Å². The van der Waals surface area contributed by atoms with Gasteiger partial charge in [-0.3, -0.25) is 10.2 Å². The summed E-state index contributed by atoms with van der Waals surface area (Å²) in [6, 6.07) is 9.13. The first-order valence-corrected chi connectivity index (χ1v) is 4.97. The molecule has 17 heavy (non-hydrogen) atoms. The Morgan fingerprint density at radius 3 is 2.76 bits per heavy atom. The van der Waals surface area contributed by atoms with E-state index in [0.717, 1.165) is 5.39 Å². The Hall–Kier alpha value is -2.63. The summed E-state index contributed by atoms with van der Waals surface area (Å²) in [6.07, 6.45) is 2.78. The van der Waals surface area contributed by atoms with Crippen molar-refractivity contribution in [3.8, 4) is 0 Å². The topological polar surface area (TPSA) is 73.0 Å². The maximum absolute atomic E-state index is 11.8. The highest BCUT2D eigenvalue weighted by Gasteiger charge is 2.11. The maximum atomic E-state index is 11.8. The van der Waals surface area contributed by atoms with Crippen LogP contribution in [-0.2, 0) is 0 Å². The average Bonchev–Trinajstić information content (AvgIpc) is 2.96. The predicted molar refractivity (Wildman–Crippen MR) is 59.9 cm³/mol. The third-order valence-electron chi connectivity index (χ3n) is 2.30. The SMILES string of the molecule is O=C(Nn1cnnc1)c1cc2ccccc2o1. The minimum absolute atomic E-state index is 0.250. The van der Waals surface area contributed by atoms with E-state index in [0.29, 0.717) is 5.58 Å². The molecule has 0 bridgehead atoms. The third-order valence-corrected chi connectivity index (χ3v) is 2.30. The summed E-state index contributed by atoms with van der Waals surface area (Å²) in [6.45, 7) is 0. The number of furan rings is 1. The van der Waals surface area contributed by atoms with Crippen LogP contribution in [0.25, 0.3) is 11.0 Å². The molecule has 1 aromatic carbocycles. The first kappa shape index (κ1) is 9.59. The monoisotopic (exact) mass is 228 g/mol. The molecule has 3 rings (SSSR count). The maximum Gasteiger partial charge on any atom is 0.305 e. The molecule has 84 valence electrons. The molecule has 0 saturated heterocycles. The van der Waals surface area contributed by atoms with Gasteiger partial charge < -0.3 is 4.42 Å². The van der Waals surface area contributed by atoms with Crippen LogP contribution < -0.4 is 5.43 Å². The van der Waals surface area contributed by atoms with Gasteiger partial charge >= 0.3 is 5.91 Å². The van der Waals surface area contributed by atoms with Gasteiger partial charge in [0, 0.05) is 5.39 Å². The number of hydrogen-bond donors (Lipinski definition) is 1. The number of nitrogens with one attached hydrogen (secondary N) is 1. The Bertz CT molecular complexity index is 624. The Kier molecular flexibility index (Phi) is 2.11. The second-order valence-electron chi connectivity index (χ2n) is 3.46. The van der Waals surface area contributed by atoms with Crippen LogP contribution >= 0.6 is 0 Å². The number of hydrogen-bond acceptors (Lipinski definition) is 4. The highest BCUT2D eigenvalue weighted by atomic mass is 16.3. The van der Waals surface area contributed by atoms with Crippen LogP contribution in [0, 0.1) is 0 Å². The van der Waals surface area contributed by atoms with Crippen LogP contribution in [0.1, 0.15) is 10.6 Å². The Morgan fingerprint density at radius 1 is 1.24 bits per heavy atom. The van der Waals surface area contributed by atoms with E-state index >= 15 is 0 Å². The number of para-hydroxylation sites is 1. The molecule has 0 aliphatic rings. The van der Waals surface area contributed by atoms with Gasteiger partial charge in [-0.1, -0.05) is 18.2 Å². The first-order chi connectivity index (χ1) is 8.33. The number of benzene rings is 1. The Morgan fingerprint density at radius 2 is 2.00 bits per heavy atom.